The Labute approximate surface area is 210 Å². The fraction of sp³-hybridized carbons (Fsp3) is 0.0370. The number of carboxylic acid groups (broad SMARTS) is 1. The molecule has 0 unspecified atom stereocenters. The molecule has 1 saturated heterocycles. The number of imide groups is 1. The molecule has 3 aromatic rings. The van der Waals surface area contributed by atoms with Crippen molar-refractivity contribution < 1.29 is 24.3 Å². The lowest BCUT2D eigenvalue weighted by Gasteiger charge is -2.12. The SMILES string of the molecule is O=C(O)c1ccc(CN2C(=O)S/C(=C\c3ccc(/C=C/C(=O)c4ccc(Cl)cc4)cc3)C2=O)cc1. The van der Waals surface area contributed by atoms with Gasteiger partial charge in [0, 0.05) is 10.6 Å². The molecule has 3 aromatic carbocycles. The number of nitrogens with zero attached hydrogens (tertiary/aromatic N) is 1. The number of carboxylic acids is 1. The number of hydrogen-bond acceptors (Lipinski definition) is 5. The molecule has 0 spiro atoms. The summed E-state index contributed by atoms with van der Waals surface area (Å²) >= 11 is 6.70. The zero-order valence-corrected chi connectivity index (χ0v) is 19.8. The molecule has 1 N–H and O–H groups in total. The van der Waals surface area contributed by atoms with Crippen molar-refractivity contribution in [3.8, 4) is 0 Å². The smallest absolute Gasteiger partial charge is 0.335 e. The summed E-state index contributed by atoms with van der Waals surface area (Å²) in [5.41, 5.74) is 2.87. The number of carbonyl (C=O) groups is 4. The van der Waals surface area contributed by atoms with Crippen LogP contribution in [0.5, 0.6) is 0 Å². The standard InChI is InChI=1S/C27H18ClNO5S/c28-22-12-10-20(11-13-22)23(30)14-7-17-1-3-18(4-2-17)15-24-25(31)29(27(34)35-24)16-19-5-8-21(9-6-19)26(32)33/h1-15H,16H2,(H,32,33)/b14-7+,24-15-. The van der Waals surface area contributed by atoms with Gasteiger partial charge >= 0.3 is 5.97 Å². The number of hydrogen-bond donors (Lipinski definition) is 1. The number of ketones is 1. The molecule has 2 amide bonds. The van der Waals surface area contributed by atoms with Crippen LogP contribution in [-0.4, -0.2) is 32.9 Å². The Morgan fingerprint density at radius 3 is 2.09 bits per heavy atom. The highest BCUT2D eigenvalue weighted by Crippen LogP contribution is 2.33. The lowest BCUT2D eigenvalue weighted by molar-refractivity contribution is -0.123. The molecule has 35 heavy (non-hydrogen) atoms. The Balaban J connectivity index is 1.41. The van der Waals surface area contributed by atoms with Gasteiger partial charge in [0.05, 0.1) is 17.0 Å². The largest absolute Gasteiger partial charge is 0.478 e. The number of benzene rings is 3. The Kier molecular flexibility index (Phi) is 7.29. The minimum Gasteiger partial charge on any atom is -0.478 e. The van der Waals surface area contributed by atoms with E-state index in [0.29, 0.717) is 21.1 Å². The van der Waals surface area contributed by atoms with Crippen molar-refractivity contribution in [3.63, 3.8) is 0 Å². The molecule has 174 valence electrons. The number of rotatable bonds is 7. The fourth-order valence-electron chi connectivity index (χ4n) is 3.31. The second-order valence-corrected chi connectivity index (χ2v) is 9.07. The number of allylic oxidation sites excluding steroid dienone is 1. The number of amides is 2. The molecule has 4 rings (SSSR count). The van der Waals surface area contributed by atoms with Crippen LogP contribution in [0, 0.1) is 0 Å². The van der Waals surface area contributed by atoms with E-state index in [1.54, 1.807) is 60.7 Å². The lowest BCUT2D eigenvalue weighted by atomic mass is 10.1. The van der Waals surface area contributed by atoms with Gasteiger partial charge in [-0.25, -0.2) is 4.79 Å². The summed E-state index contributed by atoms with van der Waals surface area (Å²) in [4.78, 5) is 49.8. The van der Waals surface area contributed by atoms with Crippen molar-refractivity contribution >= 4 is 58.4 Å². The third-order valence-corrected chi connectivity index (χ3v) is 6.36. The zero-order chi connectivity index (χ0) is 24.9. The van der Waals surface area contributed by atoms with E-state index in [1.165, 1.54) is 18.2 Å². The van der Waals surface area contributed by atoms with Crippen molar-refractivity contribution in [3.05, 3.63) is 117 Å². The van der Waals surface area contributed by atoms with Crippen molar-refractivity contribution in [1.82, 2.24) is 4.90 Å². The van der Waals surface area contributed by atoms with Crippen molar-refractivity contribution in [2.24, 2.45) is 0 Å². The molecule has 0 bridgehead atoms. The first-order valence-corrected chi connectivity index (χ1v) is 11.7. The van der Waals surface area contributed by atoms with Gasteiger partial charge in [-0.1, -0.05) is 54.1 Å². The molecule has 0 saturated carbocycles. The monoisotopic (exact) mass is 503 g/mol. The van der Waals surface area contributed by atoms with Crippen molar-refractivity contribution in [1.29, 1.82) is 0 Å². The number of carbonyl (C=O) groups excluding carboxylic acids is 3. The highest BCUT2D eigenvalue weighted by atomic mass is 35.5. The van der Waals surface area contributed by atoms with Crippen molar-refractivity contribution in [2.45, 2.75) is 6.54 Å². The summed E-state index contributed by atoms with van der Waals surface area (Å²) in [5, 5.41) is 9.17. The molecular weight excluding hydrogens is 486 g/mol. The summed E-state index contributed by atoms with van der Waals surface area (Å²) in [6.07, 6.45) is 4.82. The normalized spacial score (nSPS) is 14.8. The predicted molar refractivity (Wildman–Crippen MR) is 136 cm³/mol. The van der Waals surface area contributed by atoms with Crippen LogP contribution in [0.4, 0.5) is 4.79 Å². The quantitative estimate of drug-likeness (QED) is 0.306. The maximum atomic E-state index is 12.8. The molecule has 1 aliphatic rings. The van der Waals surface area contributed by atoms with E-state index in [9.17, 15) is 19.2 Å². The van der Waals surface area contributed by atoms with Gasteiger partial charge in [0.1, 0.15) is 0 Å². The average molecular weight is 504 g/mol. The zero-order valence-electron chi connectivity index (χ0n) is 18.2. The van der Waals surface area contributed by atoms with E-state index in [1.807, 2.05) is 12.1 Å². The summed E-state index contributed by atoms with van der Waals surface area (Å²) in [6.45, 7) is 0.0628. The number of aromatic carboxylic acids is 1. The first-order chi connectivity index (χ1) is 16.8. The Bertz CT molecular complexity index is 1360. The van der Waals surface area contributed by atoms with Gasteiger partial charge in [-0.3, -0.25) is 19.3 Å². The summed E-state index contributed by atoms with van der Waals surface area (Å²) < 4.78 is 0. The third-order valence-electron chi connectivity index (χ3n) is 5.21. The van der Waals surface area contributed by atoms with Gasteiger partial charge in [0.2, 0.25) is 0 Å². The lowest BCUT2D eigenvalue weighted by Crippen LogP contribution is -2.27. The molecule has 8 heteroatoms. The minimum atomic E-state index is -1.04. The van der Waals surface area contributed by atoms with Gasteiger partial charge in [-0.05, 0) is 77.0 Å². The molecular formula is C27H18ClNO5S. The Morgan fingerprint density at radius 1 is 0.857 bits per heavy atom. The van der Waals surface area contributed by atoms with Crippen LogP contribution in [0.15, 0.2) is 83.8 Å². The fourth-order valence-corrected chi connectivity index (χ4v) is 4.27. The van der Waals surface area contributed by atoms with Crippen LogP contribution in [0.2, 0.25) is 5.02 Å². The van der Waals surface area contributed by atoms with E-state index in [4.69, 9.17) is 16.7 Å². The molecule has 1 heterocycles. The maximum absolute atomic E-state index is 12.8. The van der Waals surface area contributed by atoms with E-state index >= 15 is 0 Å². The van der Waals surface area contributed by atoms with E-state index < -0.39 is 11.9 Å². The third kappa shape index (κ3) is 5.95. The van der Waals surface area contributed by atoms with Crippen LogP contribution in [0.1, 0.15) is 37.4 Å². The van der Waals surface area contributed by atoms with Gasteiger partial charge < -0.3 is 5.11 Å². The molecule has 0 radical (unpaired) electrons. The second-order valence-electron chi connectivity index (χ2n) is 7.64. The van der Waals surface area contributed by atoms with E-state index in [-0.39, 0.29) is 23.1 Å². The number of thioether (sulfide) groups is 1. The Morgan fingerprint density at radius 2 is 1.46 bits per heavy atom. The average Bonchev–Trinajstić information content (AvgIpc) is 3.11. The van der Waals surface area contributed by atoms with Gasteiger partial charge in [0.15, 0.2) is 5.78 Å². The summed E-state index contributed by atoms with van der Waals surface area (Å²) in [7, 11) is 0. The summed E-state index contributed by atoms with van der Waals surface area (Å²) in [6, 6.07) is 19.9. The topological polar surface area (TPSA) is 91.8 Å². The van der Waals surface area contributed by atoms with Gasteiger partial charge in [0.25, 0.3) is 11.1 Å². The van der Waals surface area contributed by atoms with Crippen molar-refractivity contribution in [2.75, 3.05) is 0 Å². The molecule has 0 aromatic heterocycles. The first-order valence-electron chi connectivity index (χ1n) is 10.5. The number of halogens is 1. The predicted octanol–water partition coefficient (Wildman–Crippen LogP) is 6.17. The van der Waals surface area contributed by atoms with Crippen LogP contribution in [-0.2, 0) is 11.3 Å². The van der Waals surface area contributed by atoms with Crippen LogP contribution in [0.25, 0.3) is 12.2 Å². The second kappa shape index (κ2) is 10.5. The summed E-state index contributed by atoms with van der Waals surface area (Å²) in [5.74, 6) is -1.59. The van der Waals surface area contributed by atoms with E-state index in [2.05, 4.69) is 0 Å². The molecule has 0 atom stereocenters. The molecule has 6 nitrogen and oxygen atoms in total. The van der Waals surface area contributed by atoms with E-state index in [0.717, 1.165) is 27.8 Å². The highest BCUT2D eigenvalue weighted by Gasteiger charge is 2.34. The molecule has 1 fully saturated rings. The minimum absolute atomic E-state index is 0.0628. The highest BCUT2D eigenvalue weighted by molar-refractivity contribution is 8.18. The van der Waals surface area contributed by atoms with Gasteiger partial charge in [-0.15, -0.1) is 0 Å². The first kappa shape index (κ1) is 24.2. The maximum Gasteiger partial charge on any atom is 0.335 e. The van der Waals surface area contributed by atoms with Gasteiger partial charge in [-0.2, -0.15) is 0 Å². The van der Waals surface area contributed by atoms with Crippen LogP contribution >= 0.6 is 23.4 Å². The van der Waals surface area contributed by atoms with Crippen LogP contribution < -0.4 is 0 Å². The molecule has 1 aliphatic heterocycles. The van der Waals surface area contributed by atoms with Crippen LogP contribution in [0.3, 0.4) is 0 Å². The Hall–Kier alpha value is -3.94. The molecule has 0 aliphatic carbocycles.